The Balaban J connectivity index is 1.91. The van der Waals surface area contributed by atoms with Gasteiger partial charge in [0, 0.05) is 18.7 Å². The van der Waals surface area contributed by atoms with Gasteiger partial charge in [0.15, 0.2) is 0 Å². The average molecular weight is 347 g/mol. The summed E-state index contributed by atoms with van der Waals surface area (Å²) in [6.45, 7) is 2.16. The molecule has 7 heteroatoms. The summed E-state index contributed by atoms with van der Waals surface area (Å²) in [5.41, 5.74) is 8.90. The molecule has 0 saturated carbocycles. The van der Waals surface area contributed by atoms with E-state index in [4.69, 9.17) is 5.73 Å². The smallest absolute Gasteiger partial charge is 0.244 e. The molecule has 128 valence electrons. The maximum atomic E-state index is 11.8. The van der Waals surface area contributed by atoms with Crippen LogP contribution >= 0.6 is 0 Å². The number of rotatable bonds is 6. The number of carbonyl (C=O) groups excluding carboxylic acids is 1. The van der Waals surface area contributed by atoms with Crippen molar-refractivity contribution in [2.24, 2.45) is 5.73 Å². The van der Waals surface area contributed by atoms with Gasteiger partial charge in [0.2, 0.25) is 15.9 Å². The number of nitrogens with one attached hydrogen (secondary N) is 2. The van der Waals surface area contributed by atoms with Gasteiger partial charge >= 0.3 is 0 Å². The molecule has 1 aliphatic carbocycles. The molecule has 0 aromatic heterocycles. The Kier molecular flexibility index (Phi) is 5.58. The second-order valence-electron chi connectivity index (χ2n) is 5.65. The summed E-state index contributed by atoms with van der Waals surface area (Å²) in [6.07, 6.45) is 9.83. The van der Waals surface area contributed by atoms with Gasteiger partial charge in [-0.25, -0.2) is 8.42 Å². The topological polar surface area (TPSA) is 101 Å². The Labute approximate surface area is 142 Å². The molecular weight excluding hydrogens is 326 g/mol. The van der Waals surface area contributed by atoms with E-state index in [1.54, 1.807) is 25.1 Å². The van der Waals surface area contributed by atoms with E-state index < -0.39 is 10.0 Å². The van der Waals surface area contributed by atoms with E-state index in [9.17, 15) is 13.2 Å². The SMILES string of the molecule is Cc1cc(CNC(=O)/C=C/C2=CC=CC2N)ccc1NS(C)(=O)=O. The third-order valence-corrected chi connectivity index (χ3v) is 4.06. The molecule has 0 radical (unpaired) electrons. The molecule has 0 spiro atoms. The van der Waals surface area contributed by atoms with Gasteiger partial charge in [-0.15, -0.1) is 0 Å². The molecule has 4 N–H and O–H groups in total. The lowest BCUT2D eigenvalue weighted by atomic mass is 10.1. The Bertz CT molecular complexity index is 823. The van der Waals surface area contributed by atoms with Crippen LogP contribution in [0.3, 0.4) is 0 Å². The second kappa shape index (κ2) is 7.46. The summed E-state index contributed by atoms with van der Waals surface area (Å²) in [4.78, 5) is 11.8. The van der Waals surface area contributed by atoms with Crippen LogP contribution in [0.1, 0.15) is 11.1 Å². The monoisotopic (exact) mass is 347 g/mol. The van der Waals surface area contributed by atoms with Crippen LogP contribution in [-0.2, 0) is 21.4 Å². The summed E-state index contributed by atoms with van der Waals surface area (Å²) < 4.78 is 25.0. The van der Waals surface area contributed by atoms with E-state index >= 15 is 0 Å². The van der Waals surface area contributed by atoms with Crippen molar-refractivity contribution in [2.75, 3.05) is 11.0 Å². The molecule has 2 rings (SSSR count). The highest BCUT2D eigenvalue weighted by molar-refractivity contribution is 7.92. The minimum absolute atomic E-state index is 0.161. The van der Waals surface area contributed by atoms with Gasteiger partial charge < -0.3 is 11.1 Å². The summed E-state index contributed by atoms with van der Waals surface area (Å²) >= 11 is 0. The van der Waals surface area contributed by atoms with Crippen LogP contribution < -0.4 is 15.8 Å². The third-order valence-electron chi connectivity index (χ3n) is 3.47. The van der Waals surface area contributed by atoms with Crippen LogP contribution in [0, 0.1) is 6.92 Å². The Morgan fingerprint density at radius 2 is 2.12 bits per heavy atom. The summed E-state index contributed by atoms with van der Waals surface area (Å²) in [5.74, 6) is -0.217. The standard InChI is InChI=1S/C17H21N3O3S/c1-12-10-13(6-8-16(12)20-24(2,22)23)11-19-17(21)9-7-14-4-3-5-15(14)18/h3-10,15,20H,11,18H2,1-2H3,(H,19,21)/b9-7+. The lowest BCUT2D eigenvalue weighted by Crippen LogP contribution is -2.21. The first-order chi connectivity index (χ1) is 11.2. The van der Waals surface area contributed by atoms with Crippen LogP contribution in [0.5, 0.6) is 0 Å². The molecule has 0 saturated heterocycles. The molecule has 1 aromatic rings. The van der Waals surface area contributed by atoms with Crippen LogP contribution in [0.4, 0.5) is 5.69 Å². The molecule has 1 amide bonds. The van der Waals surface area contributed by atoms with Gasteiger partial charge in [0.05, 0.1) is 11.9 Å². The molecular formula is C17H21N3O3S. The number of aryl methyl sites for hydroxylation is 1. The fraction of sp³-hybridized carbons (Fsp3) is 0.235. The van der Waals surface area contributed by atoms with Crippen LogP contribution in [0.2, 0.25) is 0 Å². The third kappa shape index (κ3) is 5.36. The minimum Gasteiger partial charge on any atom is -0.348 e. The first kappa shape index (κ1) is 18.0. The van der Waals surface area contributed by atoms with Crippen molar-refractivity contribution in [1.29, 1.82) is 0 Å². The predicted octanol–water partition coefficient (Wildman–Crippen LogP) is 1.36. The number of amides is 1. The maximum absolute atomic E-state index is 11.8. The number of anilines is 1. The molecule has 1 aromatic carbocycles. The normalized spacial score (nSPS) is 17.1. The number of hydrogen-bond acceptors (Lipinski definition) is 4. The van der Waals surface area contributed by atoms with Crippen molar-refractivity contribution in [2.45, 2.75) is 19.5 Å². The first-order valence-electron chi connectivity index (χ1n) is 7.42. The minimum atomic E-state index is -3.31. The zero-order valence-corrected chi connectivity index (χ0v) is 14.4. The van der Waals surface area contributed by atoms with Crippen molar-refractivity contribution in [3.05, 3.63) is 65.3 Å². The largest absolute Gasteiger partial charge is 0.348 e. The fourth-order valence-electron chi connectivity index (χ4n) is 2.25. The highest BCUT2D eigenvalue weighted by Crippen LogP contribution is 2.17. The highest BCUT2D eigenvalue weighted by Gasteiger charge is 2.08. The Hall–Kier alpha value is -2.38. The molecule has 1 unspecified atom stereocenters. The molecule has 0 aliphatic heterocycles. The van der Waals surface area contributed by atoms with E-state index in [0.717, 1.165) is 23.0 Å². The number of nitrogens with two attached hydrogens (primary N) is 1. The zero-order valence-electron chi connectivity index (χ0n) is 13.6. The predicted molar refractivity (Wildman–Crippen MR) is 95.8 cm³/mol. The fourth-order valence-corrected chi connectivity index (χ4v) is 2.87. The van der Waals surface area contributed by atoms with E-state index in [2.05, 4.69) is 10.0 Å². The van der Waals surface area contributed by atoms with Crippen molar-refractivity contribution in [3.63, 3.8) is 0 Å². The number of sulfonamides is 1. The summed E-state index contributed by atoms with van der Waals surface area (Å²) in [5, 5.41) is 2.78. The van der Waals surface area contributed by atoms with Gasteiger partial charge in [-0.2, -0.15) is 0 Å². The molecule has 6 nitrogen and oxygen atoms in total. The van der Waals surface area contributed by atoms with Crippen molar-refractivity contribution < 1.29 is 13.2 Å². The quantitative estimate of drug-likeness (QED) is 0.676. The number of benzene rings is 1. The maximum Gasteiger partial charge on any atom is 0.244 e. The zero-order chi connectivity index (χ0) is 17.7. The van der Waals surface area contributed by atoms with E-state index in [1.165, 1.54) is 6.08 Å². The van der Waals surface area contributed by atoms with Crippen molar-refractivity contribution in [3.8, 4) is 0 Å². The molecule has 0 bridgehead atoms. The molecule has 0 heterocycles. The van der Waals surface area contributed by atoms with Gasteiger partial charge in [0.25, 0.3) is 0 Å². The molecule has 0 fully saturated rings. The van der Waals surface area contributed by atoms with E-state index in [1.807, 2.05) is 24.3 Å². The number of allylic oxidation sites excluding steroid dienone is 2. The summed E-state index contributed by atoms with van der Waals surface area (Å²) in [7, 11) is -3.31. The molecule has 24 heavy (non-hydrogen) atoms. The van der Waals surface area contributed by atoms with Gasteiger partial charge in [-0.05, 0) is 29.7 Å². The average Bonchev–Trinajstić information content (AvgIpc) is 2.89. The lowest BCUT2D eigenvalue weighted by molar-refractivity contribution is -0.116. The van der Waals surface area contributed by atoms with Crippen LogP contribution in [0.15, 0.2) is 54.2 Å². The van der Waals surface area contributed by atoms with Crippen LogP contribution in [0.25, 0.3) is 0 Å². The van der Waals surface area contributed by atoms with E-state index in [0.29, 0.717) is 12.2 Å². The second-order valence-corrected chi connectivity index (χ2v) is 7.40. The lowest BCUT2D eigenvalue weighted by Gasteiger charge is -2.10. The first-order valence-corrected chi connectivity index (χ1v) is 9.31. The number of hydrogen-bond donors (Lipinski definition) is 3. The number of carbonyl (C=O) groups is 1. The van der Waals surface area contributed by atoms with Gasteiger partial charge in [-0.3, -0.25) is 9.52 Å². The van der Waals surface area contributed by atoms with Gasteiger partial charge in [-0.1, -0.05) is 36.4 Å². The highest BCUT2D eigenvalue weighted by atomic mass is 32.2. The van der Waals surface area contributed by atoms with Crippen molar-refractivity contribution in [1.82, 2.24) is 5.32 Å². The summed E-state index contributed by atoms with van der Waals surface area (Å²) in [6, 6.07) is 5.12. The Morgan fingerprint density at radius 3 is 2.71 bits per heavy atom. The van der Waals surface area contributed by atoms with Crippen LogP contribution in [-0.4, -0.2) is 26.6 Å². The molecule has 1 atom stereocenters. The Morgan fingerprint density at radius 1 is 1.38 bits per heavy atom. The van der Waals surface area contributed by atoms with E-state index in [-0.39, 0.29) is 11.9 Å². The van der Waals surface area contributed by atoms with Crippen molar-refractivity contribution >= 4 is 21.6 Å². The van der Waals surface area contributed by atoms with Gasteiger partial charge in [0.1, 0.15) is 0 Å². The molecule has 1 aliphatic rings.